The van der Waals surface area contributed by atoms with Gasteiger partial charge in [0.2, 0.25) is 0 Å². The van der Waals surface area contributed by atoms with Crippen molar-refractivity contribution in [1.82, 2.24) is 14.9 Å². The maximum absolute atomic E-state index is 12.2. The lowest BCUT2D eigenvalue weighted by atomic mass is 10.3. The Balaban J connectivity index is 2.16. The molecule has 0 atom stereocenters. The molecule has 1 aromatic heterocycles. The number of aromatic nitrogens is 2. The van der Waals surface area contributed by atoms with Crippen LogP contribution in [0.5, 0.6) is 0 Å². The van der Waals surface area contributed by atoms with Gasteiger partial charge in [-0.1, -0.05) is 24.0 Å². The van der Waals surface area contributed by atoms with E-state index >= 15 is 0 Å². The largest absolute Gasteiger partial charge is 0.481 e. The zero-order valence-corrected chi connectivity index (χ0v) is 12.8. The Kier molecular flexibility index (Phi) is 4.93. The van der Waals surface area contributed by atoms with Gasteiger partial charge in [0.05, 0.1) is 4.91 Å². The van der Waals surface area contributed by atoms with Crippen molar-refractivity contribution in [1.29, 1.82) is 0 Å². The molecule has 0 saturated carbocycles. The van der Waals surface area contributed by atoms with E-state index in [4.69, 9.17) is 17.3 Å². The van der Waals surface area contributed by atoms with Crippen molar-refractivity contribution >= 4 is 46.3 Å². The Hall–Kier alpha value is -2.20. The first kappa shape index (κ1) is 16.2. The number of carbonyl (C=O) groups excluding carboxylic acids is 1. The molecule has 0 bridgehead atoms. The first-order chi connectivity index (χ1) is 10.4. The van der Waals surface area contributed by atoms with Crippen LogP contribution in [0.25, 0.3) is 6.08 Å². The number of hydrogen-bond acceptors (Lipinski definition) is 6. The van der Waals surface area contributed by atoms with E-state index in [1.165, 1.54) is 11.0 Å². The zero-order chi connectivity index (χ0) is 16.3. The molecule has 0 radical (unpaired) electrons. The van der Waals surface area contributed by atoms with E-state index in [0.717, 1.165) is 17.8 Å². The molecular formula is C12H11N3O5S2. The number of hydrogen-bond donors (Lipinski definition) is 3. The predicted molar refractivity (Wildman–Crippen MR) is 84.4 cm³/mol. The lowest BCUT2D eigenvalue weighted by molar-refractivity contribution is -0.137. The quantitative estimate of drug-likeness (QED) is 0.514. The average Bonchev–Trinajstić information content (AvgIpc) is 2.64. The van der Waals surface area contributed by atoms with Gasteiger partial charge in [-0.3, -0.25) is 24.3 Å². The van der Waals surface area contributed by atoms with Crippen molar-refractivity contribution in [3.8, 4) is 0 Å². The lowest BCUT2D eigenvalue weighted by Gasteiger charge is -2.13. The number of rotatable bonds is 5. The summed E-state index contributed by atoms with van der Waals surface area (Å²) in [6, 6.07) is 1.15. The first-order valence-corrected chi connectivity index (χ1v) is 7.40. The van der Waals surface area contributed by atoms with E-state index in [2.05, 4.69) is 4.98 Å². The van der Waals surface area contributed by atoms with Gasteiger partial charge in [-0.2, -0.15) is 0 Å². The molecule has 1 aliphatic heterocycles. The van der Waals surface area contributed by atoms with Crippen LogP contribution in [0.2, 0.25) is 0 Å². The van der Waals surface area contributed by atoms with Gasteiger partial charge in [0, 0.05) is 24.7 Å². The van der Waals surface area contributed by atoms with E-state index in [1.54, 1.807) is 0 Å². The smallest absolute Gasteiger partial charge is 0.326 e. The fourth-order valence-corrected chi connectivity index (χ4v) is 3.09. The number of aliphatic carboxylic acids is 1. The molecule has 2 rings (SSSR count). The summed E-state index contributed by atoms with van der Waals surface area (Å²) in [5.74, 6) is -1.32. The molecule has 2 heterocycles. The van der Waals surface area contributed by atoms with Crippen LogP contribution in [0.4, 0.5) is 0 Å². The molecular weight excluding hydrogens is 330 g/mol. The van der Waals surface area contributed by atoms with Crippen molar-refractivity contribution in [2.75, 3.05) is 6.54 Å². The van der Waals surface area contributed by atoms with Crippen LogP contribution in [-0.2, 0) is 9.59 Å². The number of carbonyl (C=O) groups is 2. The number of carboxylic acid groups (broad SMARTS) is 1. The third kappa shape index (κ3) is 3.92. The second kappa shape index (κ2) is 6.71. The Bertz CT molecular complexity index is 751. The number of aromatic amines is 2. The molecule has 116 valence electrons. The van der Waals surface area contributed by atoms with Gasteiger partial charge in [-0.15, -0.1) is 0 Å². The summed E-state index contributed by atoms with van der Waals surface area (Å²) >= 11 is 6.12. The average molecular weight is 341 g/mol. The summed E-state index contributed by atoms with van der Waals surface area (Å²) in [5, 5.41) is 8.60. The highest BCUT2D eigenvalue weighted by molar-refractivity contribution is 8.26. The summed E-state index contributed by atoms with van der Waals surface area (Å²) in [5.41, 5.74) is -1.05. The molecule has 1 saturated heterocycles. The van der Waals surface area contributed by atoms with Crippen LogP contribution < -0.4 is 11.2 Å². The number of thiocarbonyl (C=S) groups is 1. The molecule has 1 fully saturated rings. The third-order valence-corrected chi connectivity index (χ3v) is 4.09. The maximum Gasteiger partial charge on any atom is 0.326 e. The standard InChI is InChI=1S/C12H11N3O5S2/c16-8-5-6(13-11(20)14-8)4-7-10(19)15(12(21)22-7)3-1-2-9(17)18/h4-5H,1-3H2,(H,17,18)(H2,13,14,16,20)/b7-4-. The van der Waals surface area contributed by atoms with Crippen molar-refractivity contribution in [2.24, 2.45) is 0 Å². The highest BCUT2D eigenvalue weighted by atomic mass is 32.2. The van der Waals surface area contributed by atoms with Crippen LogP contribution in [0, 0.1) is 0 Å². The van der Waals surface area contributed by atoms with Crippen molar-refractivity contribution in [3.63, 3.8) is 0 Å². The van der Waals surface area contributed by atoms with Crippen molar-refractivity contribution < 1.29 is 14.7 Å². The Morgan fingerprint density at radius 3 is 2.73 bits per heavy atom. The van der Waals surface area contributed by atoms with Crippen molar-refractivity contribution in [2.45, 2.75) is 12.8 Å². The maximum atomic E-state index is 12.2. The Morgan fingerprint density at radius 1 is 1.36 bits per heavy atom. The number of H-pyrrole nitrogens is 2. The van der Waals surface area contributed by atoms with Gasteiger partial charge in [0.1, 0.15) is 4.32 Å². The summed E-state index contributed by atoms with van der Waals surface area (Å²) in [7, 11) is 0. The summed E-state index contributed by atoms with van der Waals surface area (Å²) in [6.45, 7) is 0.209. The van der Waals surface area contributed by atoms with Crippen LogP contribution in [0.3, 0.4) is 0 Å². The van der Waals surface area contributed by atoms with E-state index in [0.29, 0.717) is 4.32 Å². The number of carboxylic acids is 1. The SMILES string of the molecule is O=C(O)CCCN1C(=O)/C(=C/c2cc(=O)[nH]c(=O)[nH]2)SC1=S. The highest BCUT2D eigenvalue weighted by Crippen LogP contribution is 2.32. The molecule has 1 amide bonds. The molecule has 0 spiro atoms. The topological polar surface area (TPSA) is 123 Å². The summed E-state index contributed by atoms with van der Waals surface area (Å²) in [4.78, 5) is 51.0. The van der Waals surface area contributed by atoms with Gasteiger partial charge in [-0.05, 0) is 12.5 Å². The number of thioether (sulfide) groups is 1. The van der Waals surface area contributed by atoms with Gasteiger partial charge in [0.25, 0.3) is 11.5 Å². The molecule has 3 N–H and O–H groups in total. The number of nitrogens with zero attached hydrogens (tertiary/aromatic N) is 1. The van der Waals surface area contributed by atoms with Crippen LogP contribution in [0.1, 0.15) is 18.5 Å². The van der Waals surface area contributed by atoms with E-state index in [9.17, 15) is 19.2 Å². The Morgan fingerprint density at radius 2 is 2.09 bits per heavy atom. The predicted octanol–water partition coefficient (Wildman–Crippen LogP) is 0.129. The fraction of sp³-hybridized carbons (Fsp3) is 0.250. The van der Waals surface area contributed by atoms with E-state index in [1.807, 2.05) is 4.98 Å². The molecule has 8 nitrogen and oxygen atoms in total. The van der Waals surface area contributed by atoms with E-state index < -0.39 is 17.2 Å². The molecule has 22 heavy (non-hydrogen) atoms. The number of nitrogens with one attached hydrogen (secondary N) is 2. The molecule has 0 aromatic carbocycles. The second-order valence-electron chi connectivity index (χ2n) is 4.37. The highest BCUT2D eigenvalue weighted by Gasteiger charge is 2.31. The third-order valence-electron chi connectivity index (χ3n) is 2.71. The molecule has 1 aliphatic rings. The monoisotopic (exact) mass is 341 g/mol. The molecule has 0 unspecified atom stereocenters. The first-order valence-electron chi connectivity index (χ1n) is 6.17. The van der Waals surface area contributed by atoms with Crippen LogP contribution >= 0.6 is 24.0 Å². The fourth-order valence-electron chi connectivity index (χ4n) is 1.79. The minimum absolute atomic E-state index is 0.0580. The Labute approximate surface area is 133 Å². The van der Waals surface area contributed by atoms with Gasteiger partial charge < -0.3 is 10.1 Å². The van der Waals surface area contributed by atoms with Gasteiger partial charge in [-0.25, -0.2) is 4.79 Å². The van der Waals surface area contributed by atoms with E-state index in [-0.39, 0.29) is 35.9 Å². The minimum atomic E-state index is -0.943. The zero-order valence-electron chi connectivity index (χ0n) is 11.1. The van der Waals surface area contributed by atoms with Crippen LogP contribution in [0.15, 0.2) is 20.6 Å². The van der Waals surface area contributed by atoms with Crippen molar-refractivity contribution in [3.05, 3.63) is 37.5 Å². The molecule has 1 aromatic rings. The molecule has 10 heteroatoms. The van der Waals surface area contributed by atoms with Gasteiger partial charge in [0.15, 0.2) is 0 Å². The van der Waals surface area contributed by atoms with Crippen LogP contribution in [-0.4, -0.2) is 42.7 Å². The molecule has 0 aliphatic carbocycles. The summed E-state index contributed by atoms with van der Waals surface area (Å²) < 4.78 is 0.314. The second-order valence-corrected chi connectivity index (χ2v) is 6.05. The normalized spacial score (nSPS) is 16.5. The minimum Gasteiger partial charge on any atom is -0.481 e. The summed E-state index contributed by atoms with van der Waals surface area (Å²) in [6.07, 6.45) is 1.60. The number of amides is 1. The lowest BCUT2D eigenvalue weighted by Crippen LogP contribution is -2.29. The van der Waals surface area contributed by atoms with Gasteiger partial charge >= 0.3 is 11.7 Å².